The number of benzene rings is 2. The number of thiophene rings is 1. The lowest BCUT2D eigenvalue weighted by atomic mass is 9.82. The highest BCUT2D eigenvalue weighted by atomic mass is 35.5. The maximum atomic E-state index is 13.4. The Morgan fingerprint density at radius 1 is 1.08 bits per heavy atom. The van der Waals surface area contributed by atoms with Crippen molar-refractivity contribution in [1.82, 2.24) is 0 Å². The maximum Gasteiger partial charge on any atom is 0.254 e. The Bertz CT molecular complexity index is 1430. The average Bonchev–Trinajstić information content (AvgIpc) is 3.40. The molecule has 2 heterocycles. The molecule has 10 heteroatoms. The number of amides is 2. The van der Waals surface area contributed by atoms with Crippen LogP contribution in [0.5, 0.6) is 0 Å². The molecule has 2 amide bonds. The van der Waals surface area contributed by atoms with Crippen LogP contribution in [0.4, 0.5) is 11.4 Å². The molecule has 2 N–H and O–H groups in total. The Morgan fingerprint density at radius 3 is 2.46 bits per heavy atom. The molecule has 4 rings (SSSR count). The lowest BCUT2D eigenvalue weighted by Gasteiger charge is -2.29. The molecular weight excluding hydrogens is 547 g/mol. The number of nitrogens with zero attached hydrogens (tertiary/aromatic N) is 2. The molecule has 2 atom stereocenters. The molecule has 2 unspecified atom stereocenters. The minimum Gasteiger partial charge on any atom is -0.325 e. The number of allylic oxidation sites excluding steroid dienone is 1. The molecule has 6 nitrogen and oxygen atoms in total. The topological polar surface area (TPSA) is 94.4 Å². The quantitative estimate of drug-likeness (QED) is 0.326. The van der Waals surface area contributed by atoms with Crippen LogP contribution in [0.25, 0.3) is 0 Å². The molecule has 0 saturated carbocycles. The van der Waals surface area contributed by atoms with E-state index in [-0.39, 0.29) is 17.6 Å². The summed E-state index contributed by atoms with van der Waals surface area (Å²) < 4.78 is 0. The van der Waals surface area contributed by atoms with Crippen LogP contribution in [0.1, 0.15) is 23.3 Å². The van der Waals surface area contributed by atoms with Gasteiger partial charge in [-0.1, -0.05) is 47.1 Å². The Hall–Kier alpha value is -3.09. The molecule has 37 heavy (non-hydrogen) atoms. The van der Waals surface area contributed by atoms with E-state index in [9.17, 15) is 14.9 Å². The number of nitrogens with one attached hydrogen (secondary N) is 2. The summed E-state index contributed by atoms with van der Waals surface area (Å²) in [4.78, 5) is 31.5. The first-order valence-electron chi connectivity index (χ1n) is 11.2. The highest BCUT2D eigenvalue weighted by Gasteiger charge is 2.39. The number of rotatable bonds is 6. The third-order valence-corrected chi connectivity index (χ3v) is 8.38. The predicted molar refractivity (Wildman–Crippen MR) is 154 cm³/mol. The first-order chi connectivity index (χ1) is 17.8. The van der Waals surface area contributed by atoms with E-state index in [1.807, 2.05) is 30.5 Å². The third-order valence-electron chi connectivity index (χ3n) is 5.72. The van der Waals surface area contributed by atoms with Crippen LogP contribution in [-0.4, -0.2) is 22.6 Å². The summed E-state index contributed by atoms with van der Waals surface area (Å²) in [7, 11) is 0. The fraction of sp³-hybridized carbons (Fsp3) is 0.185. The highest BCUT2D eigenvalue weighted by Crippen LogP contribution is 2.43. The third kappa shape index (κ3) is 6.43. The van der Waals surface area contributed by atoms with Gasteiger partial charge in [0.1, 0.15) is 5.92 Å². The normalized spacial score (nSPS) is 17.1. The number of anilines is 2. The molecule has 1 aromatic heterocycles. The van der Waals surface area contributed by atoms with Crippen molar-refractivity contribution in [2.24, 2.45) is 10.9 Å². The number of nitriles is 1. The van der Waals surface area contributed by atoms with Crippen molar-refractivity contribution in [2.75, 3.05) is 16.4 Å². The summed E-state index contributed by atoms with van der Waals surface area (Å²) in [6, 6.07) is 18.2. The number of hydrogen-bond acceptors (Lipinski definition) is 6. The number of carbonyl (C=O) groups excluding carboxylic acids is 2. The van der Waals surface area contributed by atoms with E-state index < -0.39 is 11.8 Å². The van der Waals surface area contributed by atoms with Gasteiger partial charge in [0.05, 0.1) is 16.9 Å². The Labute approximate surface area is 233 Å². The molecule has 0 spiro atoms. The SMILES string of the molecule is CC1=C(C(=O)Nc2ccc(Cl)cc2)C(c2cccs2)C(C#N)C(SCC(=O)Nc2ccc(C)c(Cl)c2)=N1. The van der Waals surface area contributed by atoms with Crippen LogP contribution in [0.3, 0.4) is 0 Å². The first kappa shape index (κ1) is 27.0. The van der Waals surface area contributed by atoms with E-state index in [1.54, 1.807) is 43.3 Å². The van der Waals surface area contributed by atoms with Gasteiger partial charge in [0.2, 0.25) is 5.91 Å². The van der Waals surface area contributed by atoms with E-state index in [4.69, 9.17) is 23.2 Å². The van der Waals surface area contributed by atoms with Crippen molar-refractivity contribution in [3.8, 4) is 6.07 Å². The van der Waals surface area contributed by atoms with Crippen LogP contribution in [0.15, 0.2) is 76.2 Å². The van der Waals surface area contributed by atoms with Gasteiger partial charge < -0.3 is 10.6 Å². The monoisotopic (exact) mass is 568 g/mol. The lowest BCUT2D eigenvalue weighted by molar-refractivity contribution is -0.114. The summed E-state index contributed by atoms with van der Waals surface area (Å²) in [5.41, 5.74) is 3.03. The van der Waals surface area contributed by atoms with Crippen molar-refractivity contribution in [3.05, 3.63) is 91.7 Å². The molecule has 188 valence electrons. The number of thioether (sulfide) groups is 1. The van der Waals surface area contributed by atoms with Gasteiger partial charge >= 0.3 is 0 Å². The second kappa shape index (κ2) is 12.0. The zero-order valence-corrected chi connectivity index (χ0v) is 23.1. The molecule has 0 radical (unpaired) electrons. The van der Waals surface area contributed by atoms with E-state index in [0.717, 1.165) is 10.4 Å². The minimum absolute atomic E-state index is 0.0548. The van der Waals surface area contributed by atoms with E-state index in [1.165, 1.54) is 23.1 Å². The molecule has 1 aliphatic rings. The summed E-state index contributed by atoms with van der Waals surface area (Å²) >= 11 is 14.8. The van der Waals surface area contributed by atoms with Crippen molar-refractivity contribution >= 4 is 74.5 Å². The number of aliphatic imine (C=N–C) groups is 1. The van der Waals surface area contributed by atoms with Crippen molar-refractivity contribution < 1.29 is 9.59 Å². The Balaban J connectivity index is 1.58. The smallest absolute Gasteiger partial charge is 0.254 e. The molecule has 0 saturated heterocycles. The maximum absolute atomic E-state index is 13.4. The molecule has 2 aromatic carbocycles. The number of aryl methyl sites for hydroxylation is 1. The number of halogens is 2. The first-order valence-corrected chi connectivity index (χ1v) is 13.9. The molecule has 3 aromatic rings. The van der Waals surface area contributed by atoms with Gasteiger partial charge in [-0.3, -0.25) is 9.59 Å². The highest BCUT2D eigenvalue weighted by molar-refractivity contribution is 8.14. The van der Waals surface area contributed by atoms with Crippen molar-refractivity contribution in [3.63, 3.8) is 0 Å². The van der Waals surface area contributed by atoms with Gasteiger partial charge in [0.25, 0.3) is 5.91 Å². The fourth-order valence-electron chi connectivity index (χ4n) is 3.90. The van der Waals surface area contributed by atoms with E-state index in [2.05, 4.69) is 21.7 Å². The van der Waals surface area contributed by atoms with E-state index in [0.29, 0.717) is 37.7 Å². The van der Waals surface area contributed by atoms with Crippen LogP contribution in [0, 0.1) is 24.2 Å². The molecular formula is C27H22Cl2N4O2S2. The standard InChI is InChI=1S/C27H22Cl2N4O2S2/c1-15-5-8-19(12-21(15)29)32-23(34)14-37-27-20(13-30)25(22-4-3-11-36-22)24(16(2)31-27)26(35)33-18-9-6-17(28)7-10-18/h3-12,20,25H,14H2,1-2H3,(H,32,34)(H,33,35). The Morgan fingerprint density at radius 2 is 1.81 bits per heavy atom. The summed E-state index contributed by atoms with van der Waals surface area (Å²) in [6.07, 6.45) is 0. The van der Waals surface area contributed by atoms with Gasteiger partial charge in [0.15, 0.2) is 0 Å². The second-order valence-electron chi connectivity index (χ2n) is 8.31. The Kier molecular flexibility index (Phi) is 8.72. The van der Waals surface area contributed by atoms with Gasteiger partial charge in [0, 0.05) is 43.5 Å². The molecule has 1 aliphatic heterocycles. The van der Waals surface area contributed by atoms with E-state index >= 15 is 0 Å². The molecule has 0 aliphatic carbocycles. The summed E-state index contributed by atoms with van der Waals surface area (Å²) in [5, 5.41) is 19.4. The summed E-state index contributed by atoms with van der Waals surface area (Å²) in [6.45, 7) is 3.64. The van der Waals surface area contributed by atoms with Crippen molar-refractivity contribution in [2.45, 2.75) is 19.8 Å². The van der Waals surface area contributed by atoms with Gasteiger partial charge in [-0.2, -0.15) is 5.26 Å². The number of carbonyl (C=O) groups is 2. The zero-order valence-electron chi connectivity index (χ0n) is 19.9. The fourth-order valence-corrected chi connectivity index (χ4v) is 6.00. The van der Waals surface area contributed by atoms with Crippen LogP contribution < -0.4 is 10.6 Å². The van der Waals surface area contributed by atoms with Gasteiger partial charge in [-0.25, -0.2) is 4.99 Å². The minimum atomic E-state index is -0.722. The predicted octanol–water partition coefficient (Wildman–Crippen LogP) is 7.28. The molecule has 0 fully saturated rings. The number of hydrogen-bond donors (Lipinski definition) is 2. The summed E-state index contributed by atoms with van der Waals surface area (Å²) in [5.74, 6) is -1.76. The van der Waals surface area contributed by atoms with Crippen LogP contribution in [-0.2, 0) is 9.59 Å². The largest absolute Gasteiger partial charge is 0.325 e. The molecule has 0 bridgehead atoms. The van der Waals surface area contributed by atoms with Crippen LogP contribution >= 0.6 is 46.3 Å². The van der Waals surface area contributed by atoms with Crippen LogP contribution in [0.2, 0.25) is 10.0 Å². The van der Waals surface area contributed by atoms with Gasteiger partial charge in [-0.15, -0.1) is 11.3 Å². The van der Waals surface area contributed by atoms with Crippen molar-refractivity contribution in [1.29, 1.82) is 5.26 Å². The second-order valence-corrected chi connectivity index (χ2v) is 11.1. The lowest BCUT2D eigenvalue weighted by Crippen LogP contribution is -2.31. The zero-order chi connectivity index (χ0) is 26.5. The average molecular weight is 570 g/mol. The van der Waals surface area contributed by atoms with Gasteiger partial charge in [-0.05, 0) is 67.3 Å².